The Morgan fingerprint density at radius 1 is 0.921 bits per heavy atom. The minimum Gasteiger partial charge on any atom is -0.493 e. The lowest BCUT2D eigenvalue weighted by Crippen LogP contribution is -2.38. The second-order valence-electron chi connectivity index (χ2n) is 9.10. The number of hydrogen-bond acceptors (Lipinski definition) is 10. The lowest BCUT2D eigenvalue weighted by Gasteiger charge is -2.30. The minimum absolute atomic E-state index is 0.390. The van der Waals surface area contributed by atoms with Gasteiger partial charge in [-0.3, -0.25) is 0 Å². The highest BCUT2D eigenvalue weighted by Crippen LogP contribution is 2.29. The van der Waals surface area contributed by atoms with E-state index in [1.807, 2.05) is 42.5 Å². The Bertz CT molecular complexity index is 1190. The first-order chi connectivity index (χ1) is 18.7. The van der Waals surface area contributed by atoms with Crippen LogP contribution in [0.25, 0.3) is 0 Å². The number of aromatic nitrogens is 3. The van der Waals surface area contributed by atoms with Crippen LogP contribution in [0, 0.1) is 0 Å². The number of morpholine rings is 1. The Balaban J connectivity index is 1.30. The predicted molar refractivity (Wildman–Crippen MR) is 149 cm³/mol. The first-order valence-electron chi connectivity index (χ1n) is 12.9. The number of nitrogens with one attached hydrogen (secondary N) is 1. The van der Waals surface area contributed by atoms with Gasteiger partial charge in [0.05, 0.1) is 26.5 Å². The number of anilines is 3. The molecule has 38 heavy (non-hydrogen) atoms. The van der Waals surface area contributed by atoms with Crippen molar-refractivity contribution in [2.75, 3.05) is 61.7 Å². The third kappa shape index (κ3) is 6.81. The molecule has 3 aromatic rings. The molecule has 3 heterocycles. The highest BCUT2D eigenvalue weighted by atomic mass is 35.5. The molecule has 0 unspecified atom stereocenters. The highest BCUT2D eigenvalue weighted by Gasteiger charge is 2.20. The van der Waals surface area contributed by atoms with Crippen LogP contribution in [-0.2, 0) is 11.3 Å². The Kier molecular flexibility index (Phi) is 8.72. The number of benzene rings is 2. The maximum Gasteiger partial charge on any atom is 0.250 e. The Labute approximate surface area is 227 Å². The van der Waals surface area contributed by atoms with Gasteiger partial charge in [0.15, 0.2) is 11.5 Å². The van der Waals surface area contributed by atoms with E-state index >= 15 is 0 Å². The summed E-state index contributed by atoms with van der Waals surface area (Å²) in [6, 6.07) is 13.2. The Hall–Kier alpha value is -3.63. The highest BCUT2D eigenvalue weighted by molar-refractivity contribution is 6.30. The summed E-state index contributed by atoms with van der Waals surface area (Å²) in [4.78, 5) is 18.4. The molecule has 2 aliphatic rings. The summed E-state index contributed by atoms with van der Waals surface area (Å²) in [5.74, 6) is 2.99. The van der Waals surface area contributed by atoms with Gasteiger partial charge in [-0.2, -0.15) is 20.1 Å². The van der Waals surface area contributed by atoms with Crippen LogP contribution in [0.3, 0.4) is 0 Å². The SMILES string of the molecule is COc1ccc(/C=N\Nc2nc(N3CCCCC3)nc(N3CCOCC3)n2)cc1OCc1ccc(Cl)cc1. The van der Waals surface area contributed by atoms with E-state index in [0.717, 1.165) is 50.1 Å². The van der Waals surface area contributed by atoms with Gasteiger partial charge in [-0.1, -0.05) is 23.7 Å². The smallest absolute Gasteiger partial charge is 0.250 e. The molecule has 0 amide bonds. The topological polar surface area (TPSA) is 97.2 Å². The third-order valence-corrected chi connectivity index (χ3v) is 6.67. The van der Waals surface area contributed by atoms with Crippen molar-refractivity contribution in [2.45, 2.75) is 25.9 Å². The predicted octanol–water partition coefficient (Wildman–Crippen LogP) is 4.39. The quantitative estimate of drug-likeness (QED) is 0.315. The monoisotopic (exact) mass is 537 g/mol. The van der Waals surface area contributed by atoms with Gasteiger partial charge in [-0.15, -0.1) is 0 Å². The number of nitrogens with zero attached hydrogens (tertiary/aromatic N) is 6. The van der Waals surface area contributed by atoms with E-state index in [2.05, 4.69) is 30.3 Å². The summed E-state index contributed by atoms with van der Waals surface area (Å²) in [5.41, 5.74) is 4.84. The van der Waals surface area contributed by atoms with Gasteiger partial charge in [-0.05, 0) is 60.7 Å². The summed E-state index contributed by atoms with van der Waals surface area (Å²) in [5, 5.41) is 5.10. The van der Waals surface area contributed by atoms with Gasteiger partial charge >= 0.3 is 0 Å². The molecule has 2 fully saturated rings. The largest absolute Gasteiger partial charge is 0.493 e. The zero-order valence-electron chi connectivity index (χ0n) is 21.5. The van der Waals surface area contributed by atoms with E-state index in [0.29, 0.717) is 54.2 Å². The molecule has 10 nitrogen and oxygen atoms in total. The molecule has 11 heteroatoms. The van der Waals surface area contributed by atoms with Crippen LogP contribution >= 0.6 is 11.6 Å². The molecule has 0 bridgehead atoms. The maximum atomic E-state index is 6.02. The lowest BCUT2D eigenvalue weighted by molar-refractivity contribution is 0.122. The minimum atomic E-state index is 0.390. The van der Waals surface area contributed by atoms with Crippen molar-refractivity contribution in [1.29, 1.82) is 0 Å². The molecule has 0 saturated carbocycles. The third-order valence-electron chi connectivity index (χ3n) is 6.42. The molecule has 200 valence electrons. The van der Waals surface area contributed by atoms with Crippen LogP contribution in [0.15, 0.2) is 47.6 Å². The van der Waals surface area contributed by atoms with Gasteiger partial charge < -0.3 is 24.0 Å². The van der Waals surface area contributed by atoms with Crippen LogP contribution < -0.4 is 24.7 Å². The number of piperidine rings is 1. The van der Waals surface area contributed by atoms with Crippen molar-refractivity contribution in [2.24, 2.45) is 5.10 Å². The summed E-state index contributed by atoms with van der Waals surface area (Å²) >= 11 is 5.98. The fourth-order valence-corrected chi connectivity index (χ4v) is 4.46. The molecule has 1 N–H and O–H groups in total. The molecule has 0 radical (unpaired) electrons. The Morgan fingerprint density at radius 3 is 2.34 bits per heavy atom. The van der Waals surface area contributed by atoms with Gasteiger partial charge in [0, 0.05) is 31.2 Å². The normalized spacial score (nSPS) is 16.1. The molecule has 0 atom stereocenters. The molecular weight excluding hydrogens is 506 g/mol. The van der Waals surface area contributed by atoms with Crippen molar-refractivity contribution >= 4 is 35.7 Å². The van der Waals surface area contributed by atoms with Gasteiger partial charge in [0.2, 0.25) is 17.8 Å². The van der Waals surface area contributed by atoms with Crippen molar-refractivity contribution in [1.82, 2.24) is 15.0 Å². The standard InChI is InChI=1S/C27H32ClN7O3/c1-36-23-10-7-21(17-24(23)38-19-20-5-8-22(28)9-6-20)18-29-33-25-30-26(34-11-3-2-4-12-34)32-27(31-25)35-13-15-37-16-14-35/h5-10,17-18H,2-4,11-16,19H2,1H3,(H,30,31,32,33)/b29-18-. The van der Waals surface area contributed by atoms with Crippen LogP contribution in [-0.4, -0.2) is 67.7 Å². The first kappa shape index (κ1) is 26.0. The van der Waals surface area contributed by atoms with Gasteiger partial charge in [-0.25, -0.2) is 5.43 Å². The molecule has 0 spiro atoms. The summed E-state index contributed by atoms with van der Waals surface area (Å²) in [6.45, 7) is 5.09. The molecule has 0 aliphatic carbocycles. The van der Waals surface area contributed by atoms with E-state index in [9.17, 15) is 0 Å². The van der Waals surface area contributed by atoms with Crippen molar-refractivity contribution < 1.29 is 14.2 Å². The van der Waals surface area contributed by atoms with Crippen molar-refractivity contribution in [3.63, 3.8) is 0 Å². The van der Waals surface area contributed by atoms with E-state index < -0.39 is 0 Å². The number of methoxy groups -OCH3 is 1. The number of hydrazone groups is 1. The van der Waals surface area contributed by atoms with E-state index in [-0.39, 0.29) is 0 Å². The molecule has 2 aromatic carbocycles. The molecule has 2 aliphatic heterocycles. The van der Waals surface area contributed by atoms with Crippen LogP contribution in [0.1, 0.15) is 30.4 Å². The maximum absolute atomic E-state index is 6.02. The zero-order valence-corrected chi connectivity index (χ0v) is 22.2. The second kappa shape index (κ2) is 12.7. The molecule has 2 saturated heterocycles. The number of rotatable bonds is 9. The number of halogens is 1. The lowest BCUT2D eigenvalue weighted by atomic mass is 10.1. The van der Waals surface area contributed by atoms with E-state index in [1.165, 1.54) is 6.42 Å². The summed E-state index contributed by atoms with van der Waals surface area (Å²) in [7, 11) is 1.62. The fraction of sp³-hybridized carbons (Fsp3) is 0.407. The van der Waals surface area contributed by atoms with Crippen LogP contribution in [0.5, 0.6) is 11.5 Å². The number of ether oxygens (including phenoxy) is 3. The molecule has 5 rings (SSSR count). The molecular formula is C27H32ClN7O3. The molecule has 1 aromatic heterocycles. The Morgan fingerprint density at radius 2 is 1.63 bits per heavy atom. The van der Waals surface area contributed by atoms with Gasteiger partial charge in [0.25, 0.3) is 0 Å². The van der Waals surface area contributed by atoms with Crippen LogP contribution in [0.2, 0.25) is 5.02 Å². The van der Waals surface area contributed by atoms with E-state index in [1.54, 1.807) is 13.3 Å². The van der Waals surface area contributed by atoms with Gasteiger partial charge in [0.1, 0.15) is 6.61 Å². The average Bonchev–Trinajstić information content (AvgIpc) is 2.98. The van der Waals surface area contributed by atoms with Crippen molar-refractivity contribution in [3.05, 3.63) is 58.6 Å². The zero-order chi connectivity index (χ0) is 26.2. The first-order valence-corrected chi connectivity index (χ1v) is 13.2. The summed E-state index contributed by atoms with van der Waals surface area (Å²) < 4.78 is 17.0. The van der Waals surface area contributed by atoms with Crippen LogP contribution in [0.4, 0.5) is 17.8 Å². The van der Waals surface area contributed by atoms with E-state index in [4.69, 9.17) is 30.8 Å². The second-order valence-corrected chi connectivity index (χ2v) is 9.54. The van der Waals surface area contributed by atoms with Crippen molar-refractivity contribution in [3.8, 4) is 11.5 Å². The fourth-order valence-electron chi connectivity index (χ4n) is 4.34. The summed E-state index contributed by atoms with van der Waals surface area (Å²) in [6.07, 6.45) is 5.21. The average molecular weight is 538 g/mol. The number of hydrogen-bond donors (Lipinski definition) is 1.